The summed E-state index contributed by atoms with van der Waals surface area (Å²) in [5.41, 5.74) is 1.33. The molecule has 3 aromatic rings. The molecule has 3 aromatic heterocycles. The Morgan fingerprint density at radius 1 is 1.32 bits per heavy atom. The van der Waals surface area contributed by atoms with Crippen molar-refractivity contribution in [1.29, 1.82) is 0 Å². The highest BCUT2D eigenvalue weighted by atomic mass is 32.1. The number of H-pyrrole nitrogens is 1. The molecule has 0 saturated heterocycles. The Morgan fingerprint density at radius 3 is 3.11 bits per heavy atom. The molecular formula is C13H14N4S2. The number of hydrogen-bond donors (Lipinski definition) is 2. The van der Waals surface area contributed by atoms with Crippen LogP contribution in [0.5, 0.6) is 0 Å². The third-order valence-electron chi connectivity index (χ3n) is 2.76. The molecule has 2 N–H and O–H groups in total. The maximum atomic E-state index is 4.10. The summed E-state index contributed by atoms with van der Waals surface area (Å²) in [5, 5.41) is 14.5. The molecule has 3 rings (SSSR count). The molecule has 0 unspecified atom stereocenters. The summed E-state index contributed by atoms with van der Waals surface area (Å²) in [7, 11) is 0. The maximum absolute atomic E-state index is 4.10. The van der Waals surface area contributed by atoms with Crippen LogP contribution in [0.3, 0.4) is 0 Å². The van der Waals surface area contributed by atoms with Crippen molar-refractivity contribution in [2.75, 3.05) is 6.54 Å². The fourth-order valence-corrected chi connectivity index (χ4v) is 3.46. The normalized spacial score (nSPS) is 10.9. The van der Waals surface area contributed by atoms with Crippen LogP contribution in [-0.4, -0.2) is 21.7 Å². The average Bonchev–Trinajstić information content (AvgIpc) is 3.15. The van der Waals surface area contributed by atoms with E-state index in [0.29, 0.717) is 0 Å². The van der Waals surface area contributed by atoms with Crippen LogP contribution in [0.15, 0.2) is 35.3 Å². The van der Waals surface area contributed by atoms with Crippen LogP contribution in [-0.2, 0) is 13.0 Å². The molecule has 0 radical (unpaired) electrons. The first-order chi connectivity index (χ1) is 9.42. The lowest BCUT2D eigenvalue weighted by atomic mass is 10.2. The fourth-order valence-electron chi connectivity index (χ4n) is 1.82. The third kappa shape index (κ3) is 3.28. The van der Waals surface area contributed by atoms with E-state index in [2.05, 4.69) is 49.5 Å². The lowest BCUT2D eigenvalue weighted by molar-refractivity contribution is 0.677. The zero-order valence-corrected chi connectivity index (χ0v) is 11.9. The fraction of sp³-hybridized carbons (Fsp3) is 0.231. The minimum atomic E-state index is 0.878. The largest absolute Gasteiger partial charge is 0.311 e. The Morgan fingerprint density at radius 2 is 2.32 bits per heavy atom. The van der Waals surface area contributed by atoms with Gasteiger partial charge >= 0.3 is 0 Å². The number of nitrogens with one attached hydrogen (secondary N) is 2. The molecule has 0 saturated carbocycles. The summed E-state index contributed by atoms with van der Waals surface area (Å²) in [6, 6.07) is 6.51. The Hall–Kier alpha value is -1.50. The van der Waals surface area contributed by atoms with Crippen LogP contribution < -0.4 is 5.32 Å². The number of rotatable bonds is 6. The van der Waals surface area contributed by atoms with Gasteiger partial charge in [0.25, 0.3) is 0 Å². The van der Waals surface area contributed by atoms with Crippen molar-refractivity contribution in [2.45, 2.75) is 13.0 Å². The molecule has 19 heavy (non-hydrogen) atoms. The molecule has 0 aromatic carbocycles. The quantitative estimate of drug-likeness (QED) is 0.686. The second-order valence-electron chi connectivity index (χ2n) is 4.14. The first kappa shape index (κ1) is 12.5. The predicted octanol–water partition coefficient (Wildman–Crippen LogP) is 2.93. The monoisotopic (exact) mass is 290 g/mol. The zero-order chi connectivity index (χ0) is 12.9. The van der Waals surface area contributed by atoms with Gasteiger partial charge in [0, 0.05) is 34.8 Å². The average molecular weight is 290 g/mol. The highest BCUT2D eigenvalue weighted by molar-refractivity contribution is 7.14. The van der Waals surface area contributed by atoms with E-state index in [1.54, 1.807) is 29.0 Å². The smallest absolute Gasteiger partial charge is 0.137 e. The molecule has 0 aliphatic rings. The van der Waals surface area contributed by atoms with Crippen LogP contribution >= 0.6 is 22.7 Å². The van der Waals surface area contributed by atoms with Crippen molar-refractivity contribution in [1.82, 2.24) is 20.5 Å². The number of aromatic amines is 1. The summed E-state index contributed by atoms with van der Waals surface area (Å²) in [5.74, 6) is 0.929. The van der Waals surface area contributed by atoms with Gasteiger partial charge < -0.3 is 5.32 Å². The molecule has 4 nitrogen and oxygen atoms in total. The van der Waals surface area contributed by atoms with Gasteiger partial charge in [0.05, 0.1) is 0 Å². The van der Waals surface area contributed by atoms with Crippen molar-refractivity contribution in [3.8, 4) is 10.4 Å². The number of hydrogen-bond acceptors (Lipinski definition) is 5. The van der Waals surface area contributed by atoms with E-state index in [1.165, 1.54) is 15.3 Å². The molecule has 0 spiro atoms. The van der Waals surface area contributed by atoms with Gasteiger partial charge in [0.1, 0.15) is 12.2 Å². The van der Waals surface area contributed by atoms with Gasteiger partial charge in [0.2, 0.25) is 0 Å². The standard InChI is InChI=1S/C13H14N4S2/c1-2-12(18-5-1)10-6-11(19-8-10)7-14-4-3-13-15-9-16-17-13/h1-2,5-6,8-9,14H,3-4,7H2,(H,15,16,17). The number of nitrogens with zero attached hydrogens (tertiary/aromatic N) is 2. The van der Waals surface area contributed by atoms with Crippen molar-refractivity contribution in [3.63, 3.8) is 0 Å². The van der Waals surface area contributed by atoms with Gasteiger partial charge in [-0.3, -0.25) is 5.10 Å². The summed E-state index contributed by atoms with van der Waals surface area (Å²) < 4.78 is 0. The van der Waals surface area contributed by atoms with Crippen molar-refractivity contribution in [3.05, 3.63) is 46.0 Å². The molecule has 0 atom stereocenters. The lowest BCUT2D eigenvalue weighted by Crippen LogP contribution is -2.16. The van der Waals surface area contributed by atoms with Crippen LogP contribution in [0, 0.1) is 0 Å². The van der Waals surface area contributed by atoms with E-state index < -0.39 is 0 Å². The van der Waals surface area contributed by atoms with E-state index in [4.69, 9.17) is 0 Å². The van der Waals surface area contributed by atoms with Crippen LogP contribution in [0.1, 0.15) is 10.7 Å². The summed E-state index contributed by atoms with van der Waals surface area (Å²) in [6.45, 7) is 1.81. The molecule has 3 heterocycles. The second-order valence-corrected chi connectivity index (χ2v) is 6.08. The molecule has 6 heteroatoms. The third-order valence-corrected chi connectivity index (χ3v) is 4.62. The molecule has 0 amide bonds. The second kappa shape index (κ2) is 6.10. The van der Waals surface area contributed by atoms with Crippen LogP contribution in [0.2, 0.25) is 0 Å². The van der Waals surface area contributed by atoms with E-state index >= 15 is 0 Å². The van der Waals surface area contributed by atoms with Crippen LogP contribution in [0.4, 0.5) is 0 Å². The topological polar surface area (TPSA) is 53.6 Å². The first-order valence-corrected chi connectivity index (χ1v) is 7.84. The van der Waals surface area contributed by atoms with Crippen molar-refractivity contribution < 1.29 is 0 Å². The minimum Gasteiger partial charge on any atom is -0.311 e. The Kier molecular flexibility index (Phi) is 4.02. The minimum absolute atomic E-state index is 0.878. The van der Waals surface area contributed by atoms with E-state index in [9.17, 15) is 0 Å². The predicted molar refractivity (Wildman–Crippen MR) is 79.4 cm³/mol. The number of aromatic nitrogens is 3. The van der Waals surface area contributed by atoms with Gasteiger partial charge in [-0.25, -0.2) is 4.98 Å². The molecule has 0 bridgehead atoms. The summed E-state index contributed by atoms with van der Waals surface area (Å²) in [6.07, 6.45) is 2.42. The maximum Gasteiger partial charge on any atom is 0.137 e. The van der Waals surface area contributed by atoms with Crippen molar-refractivity contribution >= 4 is 22.7 Å². The molecular weight excluding hydrogens is 276 g/mol. The number of thiophene rings is 2. The highest BCUT2D eigenvalue weighted by Gasteiger charge is 2.03. The summed E-state index contributed by atoms with van der Waals surface area (Å²) in [4.78, 5) is 6.80. The van der Waals surface area contributed by atoms with Gasteiger partial charge in [-0.2, -0.15) is 5.10 Å². The lowest BCUT2D eigenvalue weighted by Gasteiger charge is -2.00. The Bertz CT molecular complexity index is 598. The zero-order valence-electron chi connectivity index (χ0n) is 10.3. The van der Waals surface area contributed by atoms with Gasteiger partial charge in [-0.15, -0.1) is 22.7 Å². The van der Waals surface area contributed by atoms with Crippen LogP contribution in [0.25, 0.3) is 10.4 Å². The van der Waals surface area contributed by atoms with Crippen molar-refractivity contribution in [2.24, 2.45) is 0 Å². The van der Waals surface area contributed by atoms with Gasteiger partial charge in [-0.1, -0.05) is 6.07 Å². The van der Waals surface area contributed by atoms with E-state index in [-0.39, 0.29) is 0 Å². The van der Waals surface area contributed by atoms with E-state index in [1.807, 2.05) is 0 Å². The molecule has 0 aliphatic heterocycles. The molecule has 0 aliphatic carbocycles. The Labute approximate surface area is 119 Å². The van der Waals surface area contributed by atoms with E-state index in [0.717, 1.165) is 25.3 Å². The molecule has 0 fully saturated rings. The molecule has 98 valence electrons. The highest BCUT2D eigenvalue weighted by Crippen LogP contribution is 2.29. The SMILES string of the molecule is c1csc(-c2csc(CNCCc3ncn[nH]3)c2)c1. The first-order valence-electron chi connectivity index (χ1n) is 6.08. The van der Waals surface area contributed by atoms with Gasteiger partial charge in [0.15, 0.2) is 0 Å². The van der Waals surface area contributed by atoms with Gasteiger partial charge in [-0.05, 0) is 22.9 Å². The Balaban J connectivity index is 1.48. The summed E-state index contributed by atoms with van der Waals surface area (Å²) >= 11 is 3.59.